The number of rotatable bonds is 4. The molecule has 0 aliphatic carbocycles. The van der Waals surface area contributed by atoms with Gasteiger partial charge in [-0.15, -0.1) is 0 Å². The highest BCUT2D eigenvalue weighted by atomic mass is 16.5. The van der Waals surface area contributed by atoms with Crippen LogP contribution in [0.25, 0.3) is 0 Å². The highest BCUT2D eigenvalue weighted by Gasteiger charge is 2.22. The molecular formula is C14H16N4O3. The minimum Gasteiger partial charge on any atom is -0.366 e. The molecule has 7 nitrogen and oxygen atoms in total. The fourth-order valence-electron chi connectivity index (χ4n) is 2.06. The molecular weight excluding hydrogens is 272 g/mol. The topological polar surface area (TPSA) is 89.3 Å². The van der Waals surface area contributed by atoms with Crippen molar-refractivity contribution in [2.75, 3.05) is 25.0 Å². The number of benzene rings is 1. The Balaban J connectivity index is 1.57. The number of carbonyl (C=O) groups is 1. The van der Waals surface area contributed by atoms with E-state index in [2.05, 4.69) is 20.8 Å². The monoisotopic (exact) mass is 288 g/mol. The summed E-state index contributed by atoms with van der Waals surface area (Å²) in [6.45, 7) is 2.06. The first-order chi connectivity index (χ1) is 10.3. The van der Waals surface area contributed by atoms with Crippen molar-refractivity contribution in [3.8, 4) is 0 Å². The normalized spacial score (nSPS) is 18.4. The largest absolute Gasteiger partial charge is 0.366 e. The highest BCUT2D eigenvalue weighted by Crippen LogP contribution is 2.16. The van der Waals surface area contributed by atoms with Gasteiger partial charge in [-0.25, -0.2) is 0 Å². The van der Waals surface area contributed by atoms with Crippen molar-refractivity contribution >= 4 is 11.6 Å². The molecule has 0 radical (unpaired) electrons. The van der Waals surface area contributed by atoms with Gasteiger partial charge in [-0.3, -0.25) is 4.79 Å². The van der Waals surface area contributed by atoms with Gasteiger partial charge in [0.25, 0.3) is 5.89 Å². The number of amides is 1. The van der Waals surface area contributed by atoms with Crippen LogP contribution in [0.5, 0.6) is 0 Å². The molecule has 2 heterocycles. The van der Waals surface area contributed by atoms with E-state index in [9.17, 15) is 4.79 Å². The lowest BCUT2D eigenvalue weighted by Crippen LogP contribution is -2.33. The van der Waals surface area contributed by atoms with Gasteiger partial charge in [-0.2, -0.15) is 4.98 Å². The minimum atomic E-state index is -0.239. The smallest absolute Gasteiger partial charge is 0.257 e. The van der Waals surface area contributed by atoms with E-state index >= 15 is 0 Å². The van der Waals surface area contributed by atoms with Gasteiger partial charge in [0.15, 0.2) is 5.82 Å². The summed E-state index contributed by atoms with van der Waals surface area (Å²) in [6, 6.07) is 9.24. The van der Waals surface area contributed by atoms with Crippen LogP contribution in [-0.4, -0.2) is 35.7 Å². The summed E-state index contributed by atoms with van der Waals surface area (Å²) < 4.78 is 10.7. The molecule has 1 saturated heterocycles. The van der Waals surface area contributed by atoms with Crippen LogP contribution in [0.15, 0.2) is 34.9 Å². The SMILES string of the molecule is O=C(Cc1noc([C@@H]2CNCCO2)n1)Nc1ccccc1. The van der Waals surface area contributed by atoms with Crippen LogP contribution in [0.2, 0.25) is 0 Å². The zero-order chi connectivity index (χ0) is 14.5. The van der Waals surface area contributed by atoms with Gasteiger partial charge >= 0.3 is 0 Å². The Hall–Kier alpha value is -2.25. The number of carbonyl (C=O) groups excluding carboxylic acids is 1. The Morgan fingerprint density at radius 1 is 1.38 bits per heavy atom. The summed E-state index contributed by atoms with van der Waals surface area (Å²) in [5.74, 6) is 0.577. The van der Waals surface area contributed by atoms with Gasteiger partial charge in [0, 0.05) is 18.8 Å². The quantitative estimate of drug-likeness (QED) is 0.869. The van der Waals surface area contributed by atoms with Crippen LogP contribution >= 0.6 is 0 Å². The third-order valence-corrected chi connectivity index (χ3v) is 3.06. The molecule has 1 aliphatic rings. The number of hydrogen-bond acceptors (Lipinski definition) is 6. The molecule has 0 unspecified atom stereocenters. The second kappa shape index (κ2) is 6.47. The molecule has 2 aromatic rings. The van der Waals surface area contributed by atoms with E-state index < -0.39 is 0 Å². The zero-order valence-corrected chi connectivity index (χ0v) is 11.4. The fraction of sp³-hybridized carbons (Fsp3) is 0.357. The Kier molecular flexibility index (Phi) is 4.23. The van der Waals surface area contributed by atoms with Crippen molar-refractivity contribution in [3.63, 3.8) is 0 Å². The van der Waals surface area contributed by atoms with E-state index in [1.165, 1.54) is 0 Å². The average Bonchev–Trinajstić information content (AvgIpc) is 2.97. The number of ether oxygens (including phenoxy) is 1. The summed E-state index contributed by atoms with van der Waals surface area (Å²) in [4.78, 5) is 16.1. The standard InChI is InChI=1S/C14H16N4O3/c19-13(16-10-4-2-1-3-5-10)8-12-17-14(21-18-12)11-9-15-6-7-20-11/h1-5,11,15H,6-9H2,(H,16,19)/t11-/m0/s1. The fourth-order valence-corrected chi connectivity index (χ4v) is 2.06. The number of nitrogens with one attached hydrogen (secondary N) is 2. The van der Waals surface area contributed by atoms with Crippen LogP contribution in [0.4, 0.5) is 5.69 Å². The molecule has 0 spiro atoms. The van der Waals surface area contributed by atoms with Crippen molar-refractivity contribution in [2.24, 2.45) is 0 Å². The zero-order valence-electron chi connectivity index (χ0n) is 11.4. The van der Waals surface area contributed by atoms with Gasteiger partial charge in [0.05, 0.1) is 13.0 Å². The molecule has 7 heteroatoms. The number of para-hydroxylation sites is 1. The molecule has 1 fully saturated rings. The Labute approximate surface area is 121 Å². The van der Waals surface area contributed by atoms with Gasteiger partial charge < -0.3 is 19.9 Å². The predicted octanol–water partition coefficient (Wildman–Crippen LogP) is 0.912. The summed E-state index contributed by atoms with van der Waals surface area (Å²) in [7, 11) is 0. The van der Waals surface area contributed by atoms with Crippen LogP contribution in [0.3, 0.4) is 0 Å². The summed E-state index contributed by atoms with van der Waals surface area (Å²) in [5, 5.41) is 9.78. The number of aromatic nitrogens is 2. The first-order valence-corrected chi connectivity index (χ1v) is 6.81. The molecule has 1 atom stereocenters. The van der Waals surface area contributed by atoms with Crippen LogP contribution in [0, 0.1) is 0 Å². The molecule has 1 amide bonds. The number of morpholine rings is 1. The second-order valence-corrected chi connectivity index (χ2v) is 4.70. The van der Waals surface area contributed by atoms with Gasteiger partial charge in [-0.05, 0) is 12.1 Å². The van der Waals surface area contributed by atoms with Gasteiger partial charge in [0.1, 0.15) is 6.10 Å². The second-order valence-electron chi connectivity index (χ2n) is 4.70. The molecule has 2 N–H and O–H groups in total. The highest BCUT2D eigenvalue weighted by molar-refractivity contribution is 5.91. The lowest BCUT2D eigenvalue weighted by Gasteiger charge is -2.19. The summed E-state index contributed by atoms with van der Waals surface area (Å²) in [6.07, 6.45) is -0.171. The van der Waals surface area contributed by atoms with Crippen molar-refractivity contribution in [1.82, 2.24) is 15.5 Å². The first kappa shape index (κ1) is 13.7. The summed E-state index contributed by atoms with van der Waals surface area (Å²) >= 11 is 0. The molecule has 3 rings (SSSR count). The van der Waals surface area contributed by atoms with E-state index in [1.807, 2.05) is 30.3 Å². The molecule has 1 aliphatic heterocycles. The van der Waals surface area contributed by atoms with E-state index in [-0.39, 0.29) is 18.4 Å². The van der Waals surface area contributed by atoms with Crippen molar-refractivity contribution < 1.29 is 14.1 Å². The van der Waals surface area contributed by atoms with E-state index in [0.29, 0.717) is 24.9 Å². The predicted molar refractivity (Wildman–Crippen MR) is 74.6 cm³/mol. The lowest BCUT2D eigenvalue weighted by atomic mass is 10.3. The molecule has 1 aromatic heterocycles. The Morgan fingerprint density at radius 2 is 2.24 bits per heavy atom. The molecule has 0 bridgehead atoms. The maximum absolute atomic E-state index is 11.9. The maximum atomic E-state index is 11.9. The van der Waals surface area contributed by atoms with E-state index in [0.717, 1.165) is 12.2 Å². The minimum absolute atomic E-state index is 0.0680. The van der Waals surface area contributed by atoms with Gasteiger partial charge in [0.2, 0.25) is 5.91 Å². The van der Waals surface area contributed by atoms with E-state index in [4.69, 9.17) is 9.26 Å². The number of anilines is 1. The van der Waals surface area contributed by atoms with Crippen molar-refractivity contribution in [1.29, 1.82) is 0 Å². The van der Waals surface area contributed by atoms with E-state index in [1.54, 1.807) is 0 Å². The van der Waals surface area contributed by atoms with Crippen molar-refractivity contribution in [3.05, 3.63) is 42.0 Å². The van der Waals surface area contributed by atoms with Crippen molar-refractivity contribution in [2.45, 2.75) is 12.5 Å². The van der Waals surface area contributed by atoms with Gasteiger partial charge in [-0.1, -0.05) is 23.4 Å². The first-order valence-electron chi connectivity index (χ1n) is 6.81. The molecule has 0 saturated carbocycles. The van der Waals surface area contributed by atoms with Crippen LogP contribution < -0.4 is 10.6 Å². The third kappa shape index (κ3) is 3.65. The molecule has 1 aromatic carbocycles. The lowest BCUT2D eigenvalue weighted by molar-refractivity contribution is -0.115. The molecule has 110 valence electrons. The van der Waals surface area contributed by atoms with Crippen LogP contribution in [-0.2, 0) is 16.0 Å². The Bertz CT molecular complexity index is 593. The molecule has 21 heavy (non-hydrogen) atoms. The van der Waals surface area contributed by atoms with Crippen LogP contribution in [0.1, 0.15) is 17.8 Å². The average molecular weight is 288 g/mol. The Morgan fingerprint density at radius 3 is 3.00 bits per heavy atom. The maximum Gasteiger partial charge on any atom is 0.257 e. The number of hydrogen-bond donors (Lipinski definition) is 2. The summed E-state index contributed by atoms with van der Waals surface area (Å²) in [5.41, 5.74) is 0.742. The number of nitrogens with zero attached hydrogens (tertiary/aromatic N) is 2. The third-order valence-electron chi connectivity index (χ3n) is 3.06.